The number of halogens is 1. The van der Waals surface area contributed by atoms with Gasteiger partial charge >= 0.3 is 0 Å². The summed E-state index contributed by atoms with van der Waals surface area (Å²) in [6, 6.07) is 6.60. The first-order valence-corrected chi connectivity index (χ1v) is 5.76. The fourth-order valence-electron chi connectivity index (χ4n) is 1.60. The second kappa shape index (κ2) is 5.11. The number of carbonyl (C=O) groups excluding carboxylic acids is 2. The van der Waals surface area contributed by atoms with Crippen LogP contribution in [-0.4, -0.2) is 21.6 Å². The minimum atomic E-state index is -0.713. The van der Waals surface area contributed by atoms with Gasteiger partial charge in [0.15, 0.2) is 5.69 Å². The largest absolute Gasteiger partial charge is 0.364 e. The molecule has 0 aliphatic carbocycles. The molecule has 0 fully saturated rings. The Hall–Kier alpha value is -2.34. The van der Waals surface area contributed by atoms with Gasteiger partial charge in [0.1, 0.15) is 0 Å². The summed E-state index contributed by atoms with van der Waals surface area (Å²) in [5.41, 5.74) is 5.74. The molecule has 1 heterocycles. The Balaban J connectivity index is 2.29. The molecule has 0 bridgehead atoms. The summed E-state index contributed by atoms with van der Waals surface area (Å²) in [4.78, 5) is 23.2. The molecule has 7 heteroatoms. The molecule has 2 rings (SSSR count). The van der Waals surface area contributed by atoms with Gasteiger partial charge in [-0.1, -0.05) is 23.7 Å². The van der Waals surface area contributed by atoms with E-state index in [4.69, 9.17) is 17.3 Å². The third-order valence-electron chi connectivity index (χ3n) is 2.43. The van der Waals surface area contributed by atoms with Crippen molar-refractivity contribution in [2.75, 3.05) is 5.32 Å². The minimum Gasteiger partial charge on any atom is -0.364 e. The second-order valence-electron chi connectivity index (χ2n) is 3.86. The van der Waals surface area contributed by atoms with Crippen molar-refractivity contribution >= 4 is 29.1 Å². The van der Waals surface area contributed by atoms with E-state index in [9.17, 15) is 9.59 Å². The summed E-state index contributed by atoms with van der Waals surface area (Å²) in [6.07, 6.45) is 1.49. The number of aryl methyl sites for hydroxylation is 1. The van der Waals surface area contributed by atoms with E-state index >= 15 is 0 Å². The lowest BCUT2D eigenvalue weighted by atomic mass is 10.2. The lowest BCUT2D eigenvalue weighted by molar-refractivity contribution is 0.0995. The highest BCUT2D eigenvalue weighted by Crippen LogP contribution is 2.18. The molecule has 98 valence electrons. The van der Waals surface area contributed by atoms with E-state index in [1.165, 1.54) is 10.9 Å². The molecular formula is C12H11ClN4O2. The van der Waals surface area contributed by atoms with Gasteiger partial charge in [0.25, 0.3) is 11.8 Å². The van der Waals surface area contributed by atoms with Gasteiger partial charge in [0.05, 0.1) is 16.3 Å². The van der Waals surface area contributed by atoms with Crippen LogP contribution in [0.15, 0.2) is 30.5 Å². The Morgan fingerprint density at radius 3 is 2.68 bits per heavy atom. The zero-order chi connectivity index (χ0) is 14.0. The van der Waals surface area contributed by atoms with E-state index in [0.29, 0.717) is 10.6 Å². The zero-order valence-electron chi connectivity index (χ0n) is 10.1. The third-order valence-corrected chi connectivity index (χ3v) is 2.76. The molecule has 0 saturated carbocycles. The number of rotatable bonds is 3. The van der Waals surface area contributed by atoms with Crippen molar-refractivity contribution in [3.63, 3.8) is 0 Å². The average Bonchev–Trinajstić information content (AvgIpc) is 2.70. The quantitative estimate of drug-likeness (QED) is 0.890. The molecule has 2 amide bonds. The van der Waals surface area contributed by atoms with E-state index in [2.05, 4.69) is 10.4 Å². The molecule has 2 aromatic rings. The van der Waals surface area contributed by atoms with Crippen LogP contribution in [0.1, 0.15) is 20.8 Å². The van der Waals surface area contributed by atoms with Gasteiger partial charge in [-0.15, -0.1) is 0 Å². The molecule has 1 aromatic carbocycles. The van der Waals surface area contributed by atoms with E-state index in [1.54, 1.807) is 31.3 Å². The first-order chi connectivity index (χ1) is 8.99. The number of carbonyl (C=O) groups is 2. The van der Waals surface area contributed by atoms with E-state index in [1.807, 2.05) is 0 Å². The zero-order valence-corrected chi connectivity index (χ0v) is 10.8. The monoisotopic (exact) mass is 278 g/mol. The van der Waals surface area contributed by atoms with E-state index < -0.39 is 11.8 Å². The number of amides is 2. The van der Waals surface area contributed by atoms with E-state index in [0.717, 1.165) is 0 Å². The van der Waals surface area contributed by atoms with Crippen molar-refractivity contribution in [1.29, 1.82) is 0 Å². The molecule has 0 aliphatic heterocycles. The number of hydrogen-bond donors (Lipinski definition) is 2. The molecule has 0 aliphatic rings. The summed E-state index contributed by atoms with van der Waals surface area (Å²) in [6.45, 7) is 0. The van der Waals surface area contributed by atoms with Gasteiger partial charge in [-0.05, 0) is 12.1 Å². The van der Waals surface area contributed by atoms with Gasteiger partial charge < -0.3 is 11.1 Å². The third kappa shape index (κ3) is 2.74. The molecule has 0 spiro atoms. The van der Waals surface area contributed by atoms with Crippen LogP contribution in [0.3, 0.4) is 0 Å². The fourth-order valence-corrected chi connectivity index (χ4v) is 1.82. The van der Waals surface area contributed by atoms with Crippen molar-refractivity contribution in [2.45, 2.75) is 0 Å². The number of nitrogens with two attached hydrogens (primary N) is 1. The molecule has 0 unspecified atom stereocenters. The van der Waals surface area contributed by atoms with Gasteiger partial charge in [0.2, 0.25) is 0 Å². The standard InChI is InChI=1S/C12H11ClN4O2/c1-17-6-9(10(16-17)11(14)18)15-12(19)7-4-2-3-5-8(7)13/h2-6H,1H3,(H2,14,18)(H,15,19). The SMILES string of the molecule is Cn1cc(NC(=O)c2ccccc2Cl)c(C(N)=O)n1. The number of nitrogens with one attached hydrogen (secondary N) is 1. The van der Waals surface area contributed by atoms with Crippen molar-refractivity contribution in [1.82, 2.24) is 9.78 Å². The number of nitrogens with zero attached hydrogens (tertiary/aromatic N) is 2. The highest BCUT2D eigenvalue weighted by Gasteiger charge is 2.17. The van der Waals surface area contributed by atoms with Crippen molar-refractivity contribution < 1.29 is 9.59 Å². The Kier molecular flexibility index (Phi) is 3.52. The summed E-state index contributed by atoms with van der Waals surface area (Å²) < 4.78 is 1.39. The fraction of sp³-hybridized carbons (Fsp3) is 0.0833. The lowest BCUT2D eigenvalue weighted by Crippen LogP contribution is -2.18. The Morgan fingerprint density at radius 1 is 1.37 bits per heavy atom. The maximum Gasteiger partial charge on any atom is 0.271 e. The van der Waals surface area contributed by atoms with Crippen LogP contribution >= 0.6 is 11.6 Å². The van der Waals surface area contributed by atoms with Crippen LogP contribution in [-0.2, 0) is 7.05 Å². The smallest absolute Gasteiger partial charge is 0.271 e. The van der Waals surface area contributed by atoms with Gasteiger partial charge in [-0.3, -0.25) is 14.3 Å². The molecule has 6 nitrogen and oxygen atoms in total. The summed E-state index contributed by atoms with van der Waals surface area (Å²) >= 11 is 5.92. The molecular weight excluding hydrogens is 268 g/mol. The van der Waals surface area contributed by atoms with Gasteiger partial charge in [0, 0.05) is 13.2 Å². The predicted molar refractivity (Wildman–Crippen MR) is 71.1 cm³/mol. The Bertz CT molecular complexity index is 651. The Morgan fingerprint density at radius 2 is 2.05 bits per heavy atom. The first kappa shape index (κ1) is 13.1. The maximum absolute atomic E-state index is 12.0. The number of hydrogen-bond acceptors (Lipinski definition) is 3. The van der Waals surface area contributed by atoms with Crippen molar-refractivity contribution in [3.05, 3.63) is 46.7 Å². The normalized spacial score (nSPS) is 10.2. The second-order valence-corrected chi connectivity index (χ2v) is 4.27. The number of anilines is 1. The summed E-state index contributed by atoms with van der Waals surface area (Å²) in [5, 5.41) is 6.76. The minimum absolute atomic E-state index is 0.00269. The van der Waals surface area contributed by atoms with E-state index in [-0.39, 0.29) is 11.4 Å². The summed E-state index contributed by atoms with van der Waals surface area (Å²) in [5.74, 6) is -1.14. The predicted octanol–water partition coefficient (Wildman–Crippen LogP) is 1.42. The molecule has 0 atom stereocenters. The van der Waals surface area contributed by atoms with Crippen LogP contribution in [0.5, 0.6) is 0 Å². The maximum atomic E-state index is 12.0. The molecule has 0 radical (unpaired) electrons. The van der Waals surface area contributed by atoms with Crippen LogP contribution in [0, 0.1) is 0 Å². The highest BCUT2D eigenvalue weighted by atomic mass is 35.5. The van der Waals surface area contributed by atoms with Crippen LogP contribution in [0.25, 0.3) is 0 Å². The van der Waals surface area contributed by atoms with Crippen LogP contribution < -0.4 is 11.1 Å². The molecule has 1 aromatic heterocycles. The van der Waals surface area contributed by atoms with Crippen molar-refractivity contribution in [3.8, 4) is 0 Å². The Labute approximate surface area is 114 Å². The van der Waals surface area contributed by atoms with Crippen LogP contribution in [0.2, 0.25) is 5.02 Å². The van der Waals surface area contributed by atoms with Crippen LogP contribution in [0.4, 0.5) is 5.69 Å². The number of benzene rings is 1. The van der Waals surface area contributed by atoms with Gasteiger partial charge in [-0.25, -0.2) is 0 Å². The number of primary amides is 1. The molecule has 0 saturated heterocycles. The lowest BCUT2D eigenvalue weighted by Gasteiger charge is -2.05. The molecule has 19 heavy (non-hydrogen) atoms. The number of aromatic nitrogens is 2. The average molecular weight is 279 g/mol. The molecule has 3 N–H and O–H groups in total. The summed E-state index contributed by atoms with van der Waals surface area (Å²) in [7, 11) is 1.62. The highest BCUT2D eigenvalue weighted by molar-refractivity contribution is 6.34. The van der Waals surface area contributed by atoms with Crippen molar-refractivity contribution in [2.24, 2.45) is 12.8 Å². The first-order valence-electron chi connectivity index (χ1n) is 5.38. The topological polar surface area (TPSA) is 90.0 Å². The van der Waals surface area contributed by atoms with Gasteiger partial charge in [-0.2, -0.15) is 5.10 Å².